The molecular weight excluding hydrogens is 292 g/mol. The fourth-order valence-corrected chi connectivity index (χ4v) is 5.80. The summed E-state index contributed by atoms with van der Waals surface area (Å²) in [6.07, 6.45) is 13.0. The summed E-state index contributed by atoms with van der Waals surface area (Å²) >= 11 is 0. The monoisotopic (exact) mass is 330 g/mol. The van der Waals surface area contributed by atoms with Crippen molar-refractivity contribution in [1.29, 1.82) is 0 Å². The van der Waals surface area contributed by atoms with Gasteiger partial charge in [-0.2, -0.15) is 0 Å². The number of fused-ring (bicyclic) bond motifs is 1. The van der Waals surface area contributed by atoms with Crippen molar-refractivity contribution < 1.29 is 4.79 Å². The van der Waals surface area contributed by atoms with Gasteiger partial charge in [-0.05, 0) is 81.5 Å². The number of allylic oxidation sites excluding steroid dienone is 3. The smallest absolute Gasteiger partial charge is 0.130 e. The van der Waals surface area contributed by atoms with Crippen LogP contribution in [-0.4, -0.2) is 5.78 Å². The maximum atomic E-state index is 11.1. The molecular formula is C23H38O. The van der Waals surface area contributed by atoms with Crippen molar-refractivity contribution in [3.8, 4) is 0 Å². The van der Waals surface area contributed by atoms with Crippen LogP contribution in [0.2, 0.25) is 0 Å². The van der Waals surface area contributed by atoms with E-state index in [-0.39, 0.29) is 0 Å². The summed E-state index contributed by atoms with van der Waals surface area (Å²) in [5.74, 6) is 1.81. The van der Waals surface area contributed by atoms with Crippen molar-refractivity contribution in [3.63, 3.8) is 0 Å². The summed E-state index contributed by atoms with van der Waals surface area (Å²) in [4.78, 5) is 11.1. The Kier molecular flexibility index (Phi) is 6.15. The molecule has 136 valence electrons. The molecule has 2 aliphatic carbocycles. The van der Waals surface area contributed by atoms with Gasteiger partial charge in [-0.3, -0.25) is 0 Å². The van der Waals surface area contributed by atoms with Gasteiger partial charge in [0.1, 0.15) is 5.78 Å². The number of ketones is 1. The van der Waals surface area contributed by atoms with Crippen LogP contribution in [0.5, 0.6) is 0 Å². The zero-order chi connectivity index (χ0) is 18.0. The third-order valence-corrected chi connectivity index (χ3v) is 7.14. The Labute approximate surface area is 150 Å². The van der Waals surface area contributed by atoms with E-state index in [0.717, 1.165) is 18.8 Å². The number of Topliss-reactive ketones (excluding diaryl/α,β-unsaturated/α-hetero) is 1. The molecule has 0 spiro atoms. The number of hydrogen-bond donors (Lipinski definition) is 0. The Morgan fingerprint density at radius 1 is 1.21 bits per heavy atom. The molecule has 0 aromatic carbocycles. The molecule has 3 atom stereocenters. The standard InChI is InChI=1S/C23H38O/c1-17(9-7-10-19(3)24)11-13-20-18(2)12-14-21-22(4,5)15-8-16-23(20,21)6/h9,20-21H,2,7-8,10-16H2,1,3-6H3/b17-9+/t20-,21-,23-/m0/s1. The second-order valence-electron chi connectivity index (χ2n) is 9.48. The van der Waals surface area contributed by atoms with Crippen molar-refractivity contribution in [2.24, 2.45) is 22.7 Å². The number of rotatable bonds is 6. The third-order valence-electron chi connectivity index (χ3n) is 7.14. The predicted octanol–water partition coefficient (Wildman–Crippen LogP) is 6.88. The van der Waals surface area contributed by atoms with Crippen LogP contribution >= 0.6 is 0 Å². The number of carbonyl (C=O) groups excluding carboxylic acids is 1. The second kappa shape index (κ2) is 7.58. The molecule has 0 N–H and O–H groups in total. The Morgan fingerprint density at radius 2 is 1.92 bits per heavy atom. The van der Waals surface area contributed by atoms with E-state index in [1.54, 1.807) is 6.92 Å². The second-order valence-corrected chi connectivity index (χ2v) is 9.48. The van der Waals surface area contributed by atoms with Gasteiger partial charge in [0.05, 0.1) is 0 Å². The SMILES string of the molecule is C=C1CC[C@H]2C(C)(C)CCC[C@@]2(C)[C@H]1CC/C(C)=C/CCC(C)=O. The highest BCUT2D eigenvalue weighted by atomic mass is 16.1. The summed E-state index contributed by atoms with van der Waals surface area (Å²) in [7, 11) is 0. The van der Waals surface area contributed by atoms with Gasteiger partial charge in [-0.25, -0.2) is 0 Å². The molecule has 0 bridgehead atoms. The summed E-state index contributed by atoms with van der Waals surface area (Å²) in [5, 5.41) is 0. The molecule has 0 unspecified atom stereocenters. The normalized spacial score (nSPS) is 33.2. The van der Waals surface area contributed by atoms with Crippen molar-refractivity contribution in [2.45, 2.75) is 92.4 Å². The van der Waals surface area contributed by atoms with Crippen LogP contribution in [0.15, 0.2) is 23.8 Å². The molecule has 0 aromatic heterocycles. The molecule has 0 heterocycles. The zero-order valence-electron chi connectivity index (χ0n) is 16.7. The molecule has 1 nitrogen and oxygen atoms in total. The van der Waals surface area contributed by atoms with Crippen LogP contribution < -0.4 is 0 Å². The van der Waals surface area contributed by atoms with E-state index in [1.807, 2.05) is 0 Å². The topological polar surface area (TPSA) is 17.1 Å². The summed E-state index contributed by atoms with van der Waals surface area (Å²) < 4.78 is 0. The third kappa shape index (κ3) is 4.21. The lowest BCUT2D eigenvalue weighted by Gasteiger charge is -2.58. The lowest BCUT2D eigenvalue weighted by atomic mass is 9.47. The average Bonchev–Trinajstić information content (AvgIpc) is 2.45. The molecule has 0 aromatic rings. The van der Waals surface area contributed by atoms with E-state index in [1.165, 1.54) is 49.7 Å². The van der Waals surface area contributed by atoms with E-state index < -0.39 is 0 Å². The molecule has 0 amide bonds. The van der Waals surface area contributed by atoms with Gasteiger partial charge in [0.2, 0.25) is 0 Å². The molecule has 2 rings (SSSR count). The van der Waals surface area contributed by atoms with Gasteiger partial charge in [0, 0.05) is 6.42 Å². The quantitative estimate of drug-likeness (QED) is 0.485. The number of carbonyl (C=O) groups is 1. The first-order chi connectivity index (χ1) is 11.2. The number of hydrogen-bond acceptors (Lipinski definition) is 1. The minimum Gasteiger partial charge on any atom is -0.300 e. The molecule has 2 fully saturated rings. The van der Waals surface area contributed by atoms with E-state index in [9.17, 15) is 4.79 Å². The molecule has 0 aliphatic heterocycles. The van der Waals surface area contributed by atoms with Gasteiger partial charge in [0.25, 0.3) is 0 Å². The van der Waals surface area contributed by atoms with E-state index in [0.29, 0.717) is 29.0 Å². The van der Waals surface area contributed by atoms with E-state index in [4.69, 9.17) is 0 Å². The lowest BCUT2D eigenvalue weighted by Crippen LogP contribution is -2.49. The van der Waals surface area contributed by atoms with Gasteiger partial charge < -0.3 is 4.79 Å². The molecule has 24 heavy (non-hydrogen) atoms. The van der Waals surface area contributed by atoms with Crippen molar-refractivity contribution >= 4 is 5.78 Å². The summed E-state index contributed by atoms with van der Waals surface area (Å²) in [5.41, 5.74) is 3.88. The lowest BCUT2D eigenvalue weighted by molar-refractivity contribution is -0.116. The highest BCUT2D eigenvalue weighted by Gasteiger charge is 2.52. The van der Waals surface area contributed by atoms with Crippen LogP contribution in [0, 0.1) is 22.7 Å². The first-order valence-electron chi connectivity index (χ1n) is 9.99. The highest BCUT2D eigenvalue weighted by Crippen LogP contribution is 2.61. The minimum atomic E-state index is 0.291. The maximum absolute atomic E-state index is 11.1. The van der Waals surface area contributed by atoms with Crippen LogP contribution in [0.25, 0.3) is 0 Å². The molecule has 2 saturated carbocycles. The van der Waals surface area contributed by atoms with Crippen molar-refractivity contribution in [1.82, 2.24) is 0 Å². The van der Waals surface area contributed by atoms with Gasteiger partial charge in [0.15, 0.2) is 0 Å². The highest BCUT2D eigenvalue weighted by molar-refractivity contribution is 5.75. The average molecular weight is 331 g/mol. The fraction of sp³-hybridized carbons (Fsp3) is 0.783. The fourth-order valence-electron chi connectivity index (χ4n) is 5.80. The van der Waals surface area contributed by atoms with Crippen LogP contribution in [0.1, 0.15) is 92.4 Å². The van der Waals surface area contributed by atoms with Crippen LogP contribution in [-0.2, 0) is 4.79 Å². The molecule has 2 aliphatic rings. The molecule has 0 saturated heterocycles. The van der Waals surface area contributed by atoms with Gasteiger partial charge >= 0.3 is 0 Å². The summed E-state index contributed by atoms with van der Waals surface area (Å²) in [6, 6.07) is 0. The minimum absolute atomic E-state index is 0.291. The van der Waals surface area contributed by atoms with Gasteiger partial charge in [-0.15, -0.1) is 0 Å². The van der Waals surface area contributed by atoms with Gasteiger partial charge in [-0.1, -0.05) is 51.0 Å². The maximum Gasteiger partial charge on any atom is 0.130 e. The van der Waals surface area contributed by atoms with Crippen LogP contribution in [0.4, 0.5) is 0 Å². The van der Waals surface area contributed by atoms with Crippen molar-refractivity contribution in [2.75, 3.05) is 0 Å². The zero-order valence-corrected chi connectivity index (χ0v) is 16.7. The van der Waals surface area contributed by atoms with E-state index in [2.05, 4.69) is 40.3 Å². The van der Waals surface area contributed by atoms with E-state index >= 15 is 0 Å². The Bertz CT molecular complexity index is 510. The van der Waals surface area contributed by atoms with Crippen LogP contribution in [0.3, 0.4) is 0 Å². The largest absolute Gasteiger partial charge is 0.300 e. The Hall–Kier alpha value is -0.850. The predicted molar refractivity (Wildman–Crippen MR) is 104 cm³/mol. The summed E-state index contributed by atoms with van der Waals surface area (Å²) in [6.45, 7) is 15.9. The first kappa shape index (κ1) is 19.5. The molecule has 0 radical (unpaired) electrons. The molecule has 1 heteroatoms. The first-order valence-corrected chi connectivity index (χ1v) is 9.99. The Morgan fingerprint density at radius 3 is 2.58 bits per heavy atom. The Balaban J connectivity index is 2.04. The van der Waals surface area contributed by atoms with Crippen molar-refractivity contribution in [3.05, 3.63) is 23.8 Å².